The van der Waals surface area contributed by atoms with Crippen molar-refractivity contribution in [2.24, 2.45) is 0 Å². The first kappa shape index (κ1) is 31.5. The van der Waals surface area contributed by atoms with Gasteiger partial charge in [0.1, 0.15) is 18.1 Å². The highest BCUT2D eigenvalue weighted by Crippen LogP contribution is 2.32. The molecule has 47 heavy (non-hydrogen) atoms. The quantitative estimate of drug-likeness (QED) is 0.137. The van der Waals surface area contributed by atoms with E-state index in [1.165, 1.54) is 5.56 Å². The molecule has 4 aromatic rings. The Bertz CT molecular complexity index is 1990. The van der Waals surface area contributed by atoms with Crippen molar-refractivity contribution in [1.29, 1.82) is 0 Å². The Kier molecular flexibility index (Phi) is 8.29. The lowest BCUT2D eigenvalue weighted by Gasteiger charge is -2.19. The highest BCUT2D eigenvalue weighted by Gasteiger charge is 2.26. The molecule has 0 unspecified atom stereocenters. The molecule has 0 fully saturated rings. The predicted octanol–water partition coefficient (Wildman–Crippen LogP) is 8.66. The largest absolute Gasteiger partial charge is 0.457 e. The summed E-state index contributed by atoms with van der Waals surface area (Å²) in [6.45, 7) is 18.5. The molecule has 0 saturated carbocycles. The van der Waals surface area contributed by atoms with Crippen LogP contribution in [0.5, 0.6) is 0 Å². The maximum atomic E-state index is 13.4. The van der Waals surface area contributed by atoms with Crippen molar-refractivity contribution < 1.29 is 28.6 Å². The van der Waals surface area contributed by atoms with Gasteiger partial charge in [-0.2, -0.15) is 0 Å². The number of fused-ring (bicyclic) bond motifs is 2. The molecule has 0 saturated heterocycles. The molecule has 236 valence electrons. The van der Waals surface area contributed by atoms with Crippen LogP contribution in [0.4, 0.5) is 0 Å². The fourth-order valence-electron chi connectivity index (χ4n) is 5.88. The van der Waals surface area contributed by atoms with Crippen molar-refractivity contribution >= 4 is 35.0 Å². The summed E-state index contributed by atoms with van der Waals surface area (Å²) in [7, 11) is 0. The number of hydrogen-bond donors (Lipinski definition) is 0. The number of allylic oxidation sites excluding steroid dienone is 1. The van der Waals surface area contributed by atoms with Crippen LogP contribution in [-0.2, 0) is 45.5 Å². The summed E-state index contributed by atoms with van der Waals surface area (Å²) < 4.78 is 16.1. The molecule has 6 rings (SSSR count). The minimum absolute atomic E-state index is 0.0332. The van der Waals surface area contributed by atoms with Crippen molar-refractivity contribution in [1.82, 2.24) is 0 Å². The molecule has 0 aromatic heterocycles. The van der Waals surface area contributed by atoms with Gasteiger partial charge in [-0.1, -0.05) is 89.0 Å². The number of carbonyl (C=O) groups excluding carboxylic acids is 3. The van der Waals surface area contributed by atoms with Crippen LogP contribution in [0.25, 0.3) is 17.1 Å². The Labute approximate surface area is 275 Å². The second-order valence-electron chi connectivity index (χ2n) is 13.1. The molecule has 2 heterocycles. The van der Waals surface area contributed by atoms with Gasteiger partial charge in [-0.3, -0.25) is 0 Å². The normalized spacial score (nSPS) is 13.6. The maximum Gasteiger partial charge on any atom is 0.344 e. The summed E-state index contributed by atoms with van der Waals surface area (Å²) in [5.41, 5.74) is 9.34. The molecule has 0 spiro atoms. The number of rotatable bonds is 9. The Morgan fingerprint density at radius 3 is 1.89 bits per heavy atom. The number of esters is 3. The van der Waals surface area contributed by atoms with E-state index in [0.29, 0.717) is 58.6 Å². The Morgan fingerprint density at radius 2 is 1.23 bits per heavy atom. The minimum Gasteiger partial charge on any atom is -0.457 e. The molecule has 4 aromatic carbocycles. The number of hydrogen-bond acceptors (Lipinski definition) is 6. The molecule has 6 heteroatoms. The smallest absolute Gasteiger partial charge is 0.344 e. The fourth-order valence-corrected chi connectivity index (χ4v) is 5.88. The minimum atomic E-state index is -0.427. The molecule has 0 N–H and O–H groups in total. The maximum absolute atomic E-state index is 13.4. The monoisotopic (exact) mass is 624 g/mol. The Morgan fingerprint density at radius 1 is 0.660 bits per heavy atom. The van der Waals surface area contributed by atoms with Crippen LogP contribution in [0.15, 0.2) is 98.6 Å². The van der Waals surface area contributed by atoms with Crippen LogP contribution in [0, 0.1) is 0 Å². The van der Waals surface area contributed by atoms with E-state index in [2.05, 4.69) is 58.7 Å². The van der Waals surface area contributed by atoms with Gasteiger partial charge in [0.2, 0.25) is 0 Å². The van der Waals surface area contributed by atoms with Gasteiger partial charge in [0.15, 0.2) is 0 Å². The first-order chi connectivity index (χ1) is 22.4. The van der Waals surface area contributed by atoms with Crippen LogP contribution < -0.4 is 0 Å². The van der Waals surface area contributed by atoms with Gasteiger partial charge in [0, 0.05) is 11.1 Å². The van der Waals surface area contributed by atoms with Gasteiger partial charge < -0.3 is 14.2 Å². The van der Waals surface area contributed by atoms with Crippen LogP contribution in [0.3, 0.4) is 0 Å². The molecule has 0 aliphatic carbocycles. The summed E-state index contributed by atoms with van der Waals surface area (Å²) in [4.78, 5) is 37.9. The molecule has 2 aliphatic heterocycles. The summed E-state index contributed by atoms with van der Waals surface area (Å²) in [6.07, 6.45) is 1.71. The standard InChI is InChI=1S/C41H36O6/c1-24(31-12-16-35-26(3)47-40(44)37(35)22-31)17-30-18-29(8-7-27-11-15-34-25(2)46-39(43)36(34)21-27)19-32(20-30)38(42)45-23-28-9-13-33(14-10-28)41(4,5)6/h9-16,18-22H,1-3,7-8,17,23H2,4-6H3. The van der Waals surface area contributed by atoms with E-state index in [1.54, 1.807) is 6.07 Å². The third kappa shape index (κ3) is 6.73. The van der Waals surface area contributed by atoms with Gasteiger partial charge in [0.25, 0.3) is 0 Å². The van der Waals surface area contributed by atoms with Crippen LogP contribution in [0.2, 0.25) is 0 Å². The number of aryl methyl sites for hydroxylation is 2. The van der Waals surface area contributed by atoms with E-state index in [-0.39, 0.29) is 12.0 Å². The first-order valence-corrected chi connectivity index (χ1v) is 15.5. The topological polar surface area (TPSA) is 78.9 Å². The zero-order valence-corrected chi connectivity index (χ0v) is 26.9. The van der Waals surface area contributed by atoms with Crippen molar-refractivity contribution in [3.05, 3.63) is 160 Å². The number of carbonyl (C=O) groups is 3. The van der Waals surface area contributed by atoms with E-state index < -0.39 is 17.9 Å². The SMILES string of the molecule is C=C(Cc1cc(CCc2ccc3c(c2)C(=O)OC3=C)cc(C(=O)OCc2ccc(C(C)(C)C)cc2)c1)c1ccc2c(c1)C(=O)OC2=C. The van der Waals surface area contributed by atoms with Gasteiger partial charge in [-0.25, -0.2) is 14.4 Å². The van der Waals surface area contributed by atoms with E-state index >= 15 is 0 Å². The number of cyclic esters (lactones) is 2. The average molecular weight is 625 g/mol. The summed E-state index contributed by atoms with van der Waals surface area (Å²) >= 11 is 0. The summed E-state index contributed by atoms with van der Waals surface area (Å²) in [5, 5.41) is 0. The first-order valence-electron chi connectivity index (χ1n) is 15.5. The highest BCUT2D eigenvalue weighted by molar-refractivity contribution is 6.03. The van der Waals surface area contributed by atoms with Crippen LogP contribution in [0.1, 0.15) is 96.4 Å². The molecule has 0 radical (unpaired) electrons. The fraction of sp³-hybridized carbons (Fsp3) is 0.195. The van der Waals surface area contributed by atoms with Crippen LogP contribution >= 0.6 is 0 Å². The second-order valence-corrected chi connectivity index (χ2v) is 13.1. The second kappa shape index (κ2) is 12.4. The average Bonchev–Trinajstić information content (AvgIpc) is 3.50. The number of benzene rings is 4. The Hall–Kier alpha value is -5.49. The Balaban J connectivity index is 1.23. The summed E-state index contributed by atoms with van der Waals surface area (Å²) in [6, 6.07) is 25.0. The zero-order valence-electron chi connectivity index (χ0n) is 26.9. The molecule has 0 amide bonds. The molecule has 6 nitrogen and oxygen atoms in total. The zero-order chi connectivity index (χ0) is 33.5. The van der Waals surface area contributed by atoms with Crippen LogP contribution in [-0.4, -0.2) is 17.9 Å². The highest BCUT2D eigenvalue weighted by atomic mass is 16.5. The summed E-state index contributed by atoms with van der Waals surface area (Å²) in [5.74, 6) is -0.536. The van der Waals surface area contributed by atoms with Gasteiger partial charge in [-0.15, -0.1) is 0 Å². The third-order valence-corrected chi connectivity index (χ3v) is 8.58. The van der Waals surface area contributed by atoms with Gasteiger partial charge in [-0.05, 0) is 94.0 Å². The molecular formula is C41H36O6. The van der Waals surface area contributed by atoms with E-state index in [9.17, 15) is 14.4 Å². The van der Waals surface area contributed by atoms with Crippen molar-refractivity contribution in [2.45, 2.75) is 52.1 Å². The van der Waals surface area contributed by atoms with E-state index in [0.717, 1.165) is 33.4 Å². The van der Waals surface area contributed by atoms with Crippen molar-refractivity contribution in [3.63, 3.8) is 0 Å². The van der Waals surface area contributed by atoms with Gasteiger partial charge in [0.05, 0.1) is 16.7 Å². The lowest BCUT2D eigenvalue weighted by atomic mass is 9.87. The lowest BCUT2D eigenvalue weighted by molar-refractivity contribution is 0.0471. The molecule has 2 aliphatic rings. The lowest BCUT2D eigenvalue weighted by Crippen LogP contribution is -2.11. The van der Waals surface area contributed by atoms with Crippen molar-refractivity contribution in [2.75, 3.05) is 0 Å². The van der Waals surface area contributed by atoms with Crippen molar-refractivity contribution in [3.8, 4) is 0 Å². The predicted molar refractivity (Wildman–Crippen MR) is 183 cm³/mol. The molecule has 0 bridgehead atoms. The third-order valence-electron chi connectivity index (χ3n) is 8.58. The molecule has 0 atom stereocenters. The van der Waals surface area contributed by atoms with E-state index in [4.69, 9.17) is 14.2 Å². The van der Waals surface area contributed by atoms with Gasteiger partial charge >= 0.3 is 17.9 Å². The number of ether oxygens (including phenoxy) is 3. The molecular weight excluding hydrogens is 588 g/mol. The van der Waals surface area contributed by atoms with E-state index in [1.807, 2.05) is 54.6 Å².